The van der Waals surface area contributed by atoms with E-state index in [0.717, 1.165) is 42.2 Å². The lowest BCUT2D eigenvalue weighted by atomic mass is 10.0. The normalized spacial score (nSPS) is 16.7. The Labute approximate surface area is 158 Å². The van der Waals surface area contributed by atoms with Gasteiger partial charge in [-0.2, -0.15) is 13.2 Å². The number of rotatable bonds is 4. The first-order valence-corrected chi connectivity index (χ1v) is 9.28. The second-order valence-corrected chi connectivity index (χ2v) is 7.49. The summed E-state index contributed by atoms with van der Waals surface area (Å²) in [6.07, 6.45) is -3.87. The maximum absolute atomic E-state index is 12.9. The standard InChI is InChI=1S/C18H18F3N3O2S/c1-2-24-7-6-12-13(9-24)27-17(14(12)15(22)25)23-16(26)10-4-3-5-11(8-10)18(19,20)21/h3-5,8H,2,6-7,9H2,1H3,(H2,22,25)(H,23,26)/p+1. The van der Waals surface area contributed by atoms with Gasteiger partial charge in [0.25, 0.3) is 11.8 Å². The van der Waals surface area contributed by atoms with E-state index in [1.807, 2.05) is 0 Å². The van der Waals surface area contributed by atoms with E-state index >= 15 is 0 Å². The molecule has 0 aliphatic carbocycles. The molecule has 5 nitrogen and oxygen atoms in total. The van der Waals surface area contributed by atoms with Crippen molar-refractivity contribution in [1.29, 1.82) is 0 Å². The first-order chi connectivity index (χ1) is 12.7. The van der Waals surface area contributed by atoms with Gasteiger partial charge in [0.15, 0.2) is 0 Å². The minimum atomic E-state index is -4.54. The van der Waals surface area contributed by atoms with Crippen LogP contribution in [0.4, 0.5) is 18.2 Å². The van der Waals surface area contributed by atoms with Crippen LogP contribution in [0.2, 0.25) is 0 Å². The number of benzene rings is 1. The van der Waals surface area contributed by atoms with Crippen LogP contribution in [0.15, 0.2) is 24.3 Å². The summed E-state index contributed by atoms with van der Waals surface area (Å²) in [5.74, 6) is -1.35. The number of halogens is 3. The van der Waals surface area contributed by atoms with E-state index in [-0.39, 0.29) is 11.1 Å². The van der Waals surface area contributed by atoms with E-state index in [2.05, 4.69) is 12.2 Å². The SMILES string of the molecule is CC[NH+]1CCc2c(sc(NC(=O)c3cccc(C(F)(F)F)c3)c2C(N)=O)C1. The molecule has 9 heteroatoms. The number of hydrogen-bond donors (Lipinski definition) is 3. The fourth-order valence-corrected chi connectivity index (χ4v) is 4.52. The fourth-order valence-electron chi connectivity index (χ4n) is 3.20. The highest BCUT2D eigenvalue weighted by Gasteiger charge is 2.32. The third-order valence-electron chi connectivity index (χ3n) is 4.66. The molecule has 27 heavy (non-hydrogen) atoms. The summed E-state index contributed by atoms with van der Waals surface area (Å²) >= 11 is 1.27. The van der Waals surface area contributed by atoms with E-state index in [4.69, 9.17) is 5.73 Å². The number of amides is 2. The summed E-state index contributed by atoms with van der Waals surface area (Å²) < 4.78 is 38.6. The third-order valence-corrected chi connectivity index (χ3v) is 5.80. The summed E-state index contributed by atoms with van der Waals surface area (Å²) in [4.78, 5) is 26.7. The zero-order valence-electron chi connectivity index (χ0n) is 14.6. The molecular formula is C18H19F3N3O2S+. The van der Waals surface area contributed by atoms with Gasteiger partial charge in [0, 0.05) is 12.0 Å². The first kappa shape index (κ1) is 19.4. The molecule has 1 aromatic heterocycles. The highest BCUT2D eigenvalue weighted by atomic mass is 32.1. The zero-order chi connectivity index (χ0) is 19.8. The zero-order valence-corrected chi connectivity index (χ0v) is 15.4. The van der Waals surface area contributed by atoms with Gasteiger partial charge < -0.3 is 16.0 Å². The van der Waals surface area contributed by atoms with Crippen molar-refractivity contribution < 1.29 is 27.7 Å². The highest BCUT2D eigenvalue weighted by molar-refractivity contribution is 7.17. The quantitative estimate of drug-likeness (QED) is 0.738. The lowest BCUT2D eigenvalue weighted by molar-refractivity contribution is -0.913. The molecule has 0 fully saturated rings. The molecular weight excluding hydrogens is 379 g/mol. The average Bonchev–Trinajstić information content (AvgIpc) is 2.97. The van der Waals surface area contributed by atoms with Gasteiger partial charge in [0.05, 0.1) is 29.1 Å². The van der Waals surface area contributed by atoms with E-state index in [1.165, 1.54) is 28.4 Å². The first-order valence-electron chi connectivity index (χ1n) is 8.47. The summed E-state index contributed by atoms with van der Waals surface area (Å²) in [5, 5.41) is 2.88. The van der Waals surface area contributed by atoms with Gasteiger partial charge in [-0.15, -0.1) is 11.3 Å². The van der Waals surface area contributed by atoms with Gasteiger partial charge in [-0.05, 0) is 30.7 Å². The van der Waals surface area contributed by atoms with Crippen LogP contribution in [0.3, 0.4) is 0 Å². The van der Waals surface area contributed by atoms with Crippen LogP contribution < -0.4 is 16.0 Å². The summed E-state index contributed by atoms with van der Waals surface area (Å²) in [7, 11) is 0. The van der Waals surface area contributed by atoms with Gasteiger partial charge in [0.1, 0.15) is 11.5 Å². The molecule has 2 aromatic rings. The smallest absolute Gasteiger partial charge is 0.365 e. The molecule has 0 saturated heterocycles. The molecule has 1 aliphatic rings. The minimum Gasteiger partial charge on any atom is -0.365 e. The summed E-state index contributed by atoms with van der Waals surface area (Å²) in [5.41, 5.74) is 5.58. The second-order valence-electron chi connectivity index (χ2n) is 6.39. The number of alkyl halides is 3. The van der Waals surface area contributed by atoms with E-state index < -0.39 is 23.6 Å². The highest BCUT2D eigenvalue weighted by Crippen LogP contribution is 2.35. The number of nitrogens with two attached hydrogens (primary N) is 1. The Balaban J connectivity index is 1.91. The Hall–Kier alpha value is -2.39. The summed E-state index contributed by atoms with van der Waals surface area (Å²) in [6.45, 7) is 4.60. The Morgan fingerprint density at radius 2 is 2.07 bits per heavy atom. The molecule has 1 aromatic carbocycles. The number of hydrogen-bond acceptors (Lipinski definition) is 3. The molecule has 1 unspecified atom stereocenters. The number of primary amides is 1. The molecule has 4 N–H and O–H groups in total. The van der Waals surface area contributed by atoms with Crippen LogP contribution in [-0.4, -0.2) is 24.9 Å². The van der Waals surface area contributed by atoms with Crippen molar-refractivity contribution in [2.75, 3.05) is 18.4 Å². The van der Waals surface area contributed by atoms with Gasteiger partial charge in [0.2, 0.25) is 0 Å². The summed E-state index contributed by atoms with van der Waals surface area (Å²) in [6, 6.07) is 4.16. The molecule has 144 valence electrons. The lowest BCUT2D eigenvalue weighted by Crippen LogP contribution is -3.11. The number of thiophene rings is 1. The van der Waals surface area contributed by atoms with E-state index in [0.29, 0.717) is 11.4 Å². The number of fused-ring (bicyclic) bond motifs is 1. The second kappa shape index (κ2) is 7.32. The third kappa shape index (κ3) is 3.98. The molecule has 2 heterocycles. The Kier molecular flexibility index (Phi) is 5.25. The molecule has 1 aliphatic heterocycles. The van der Waals surface area contributed by atoms with Crippen molar-refractivity contribution in [3.8, 4) is 0 Å². The van der Waals surface area contributed by atoms with Crippen molar-refractivity contribution >= 4 is 28.2 Å². The number of anilines is 1. The van der Waals surface area contributed by atoms with Gasteiger partial charge in [-0.1, -0.05) is 6.07 Å². The number of quaternary nitrogens is 1. The van der Waals surface area contributed by atoms with E-state index in [1.54, 1.807) is 0 Å². The van der Waals surface area contributed by atoms with Crippen LogP contribution in [0, 0.1) is 0 Å². The van der Waals surface area contributed by atoms with Crippen molar-refractivity contribution in [2.24, 2.45) is 5.73 Å². The van der Waals surface area contributed by atoms with Crippen molar-refractivity contribution in [3.05, 3.63) is 51.4 Å². The number of likely N-dealkylation sites (N-methyl/N-ethyl adjacent to an activating group) is 1. The molecule has 1 atom stereocenters. The predicted octanol–water partition coefficient (Wildman–Crippen LogP) is 2.08. The van der Waals surface area contributed by atoms with Gasteiger partial charge >= 0.3 is 6.18 Å². The van der Waals surface area contributed by atoms with Crippen LogP contribution in [0.1, 0.15) is 43.6 Å². The van der Waals surface area contributed by atoms with Gasteiger partial charge in [-0.3, -0.25) is 9.59 Å². The van der Waals surface area contributed by atoms with Crippen LogP contribution >= 0.6 is 11.3 Å². The molecule has 2 amide bonds. The molecule has 0 saturated carbocycles. The van der Waals surface area contributed by atoms with Crippen molar-refractivity contribution in [2.45, 2.75) is 26.1 Å². The molecule has 0 spiro atoms. The molecule has 0 radical (unpaired) electrons. The van der Waals surface area contributed by atoms with Crippen LogP contribution in [0.5, 0.6) is 0 Å². The number of carbonyl (C=O) groups is 2. The Morgan fingerprint density at radius 1 is 1.33 bits per heavy atom. The minimum absolute atomic E-state index is 0.132. The average molecular weight is 398 g/mol. The Morgan fingerprint density at radius 3 is 2.70 bits per heavy atom. The monoisotopic (exact) mass is 398 g/mol. The van der Waals surface area contributed by atoms with Crippen LogP contribution in [0.25, 0.3) is 0 Å². The number of nitrogens with one attached hydrogen (secondary N) is 2. The molecule has 0 bridgehead atoms. The van der Waals surface area contributed by atoms with Gasteiger partial charge in [-0.25, -0.2) is 0 Å². The maximum Gasteiger partial charge on any atom is 0.416 e. The Bertz CT molecular complexity index is 892. The largest absolute Gasteiger partial charge is 0.416 e. The van der Waals surface area contributed by atoms with Crippen molar-refractivity contribution in [3.63, 3.8) is 0 Å². The van der Waals surface area contributed by atoms with E-state index in [9.17, 15) is 22.8 Å². The topological polar surface area (TPSA) is 76.6 Å². The van der Waals surface area contributed by atoms with Crippen LogP contribution in [-0.2, 0) is 19.1 Å². The maximum atomic E-state index is 12.9. The fraction of sp³-hybridized carbons (Fsp3) is 0.333. The predicted molar refractivity (Wildman–Crippen MR) is 96.0 cm³/mol. The lowest BCUT2D eigenvalue weighted by Gasteiger charge is -2.22. The van der Waals surface area contributed by atoms with Crippen molar-refractivity contribution in [1.82, 2.24) is 0 Å². The molecule has 3 rings (SSSR count). The number of carbonyl (C=O) groups excluding carboxylic acids is 2.